The third kappa shape index (κ3) is 4.21. The zero-order valence-electron chi connectivity index (χ0n) is 13.8. The third-order valence-electron chi connectivity index (χ3n) is 4.28. The van der Waals surface area contributed by atoms with E-state index in [0.29, 0.717) is 12.6 Å². The van der Waals surface area contributed by atoms with Crippen molar-refractivity contribution in [1.82, 2.24) is 25.2 Å². The SMILES string of the molecule is CCNC(=NCCc1nnc2ccccn12)NC1CCCCC1. The maximum absolute atomic E-state index is 4.70. The highest BCUT2D eigenvalue weighted by Gasteiger charge is 2.14. The summed E-state index contributed by atoms with van der Waals surface area (Å²) in [6.45, 7) is 3.69. The molecule has 0 bridgehead atoms. The molecule has 2 aromatic rings. The van der Waals surface area contributed by atoms with Gasteiger partial charge in [-0.25, -0.2) is 0 Å². The molecule has 0 radical (unpaired) electrons. The molecule has 2 N–H and O–H groups in total. The van der Waals surface area contributed by atoms with Gasteiger partial charge in [-0.1, -0.05) is 25.3 Å². The molecule has 124 valence electrons. The molecular weight excluding hydrogens is 288 g/mol. The van der Waals surface area contributed by atoms with Crippen LogP contribution >= 0.6 is 0 Å². The Labute approximate surface area is 137 Å². The summed E-state index contributed by atoms with van der Waals surface area (Å²) in [7, 11) is 0. The summed E-state index contributed by atoms with van der Waals surface area (Å²) in [5.74, 6) is 1.88. The maximum Gasteiger partial charge on any atom is 0.191 e. The van der Waals surface area contributed by atoms with E-state index in [1.165, 1.54) is 32.1 Å². The lowest BCUT2D eigenvalue weighted by atomic mass is 9.96. The highest BCUT2D eigenvalue weighted by molar-refractivity contribution is 5.80. The molecule has 1 fully saturated rings. The van der Waals surface area contributed by atoms with E-state index in [1.807, 2.05) is 28.8 Å². The van der Waals surface area contributed by atoms with Crippen LogP contribution in [0.3, 0.4) is 0 Å². The minimum absolute atomic E-state index is 0.565. The molecule has 0 unspecified atom stereocenters. The van der Waals surface area contributed by atoms with E-state index in [9.17, 15) is 0 Å². The van der Waals surface area contributed by atoms with Gasteiger partial charge in [-0.3, -0.25) is 9.39 Å². The van der Waals surface area contributed by atoms with Gasteiger partial charge in [0.15, 0.2) is 11.6 Å². The summed E-state index contributed by atoms with van der Waals surface area (Å²) in [4.78, 5) is 4.70. The first-order chi connectivity index (χ1) is 11.4. The van der Waals surface area contributed by atoms with Gasteiger partial charge in [-0.05, 0) is 31.9 Å². The number of fused-ring (bicyclic) bond motifs is 1. The number of hydrogen-bond donors (Lipinski definition) is 2. The van der Waals surface area contributed by atoms with E-state index in [0.717, 1.165) is 30.4 Å². The van der Waals surface area contributed by atoms with Crippen LogP contribution < -0.4 is 10.6 Å². The molecule has 3 rings (SSSR count). The van der Waals surface area contributed by atoms with E-state index in [4.69, 9.17) is 4.99 Å². The standard InChI is InChI=1S/C17H26N6/c1-2-18-17(20-14-8-4-3-5-9-14)19-12-11-16-22-21-15-10-6-7-13-23(15)16/h6-7,10,13-14H,2-5,8-9,11-12H2,1H3,(H2,18,19,20). The zero-order chi connectivity index (χ0) is 15.9. The van der Waals surface area contributed by atoms with Crippen molar-refractivity contribution in [3.63, 3.8) is 0 Å². The predicted molar refractivity (Wildman–Crippen MR) is 92.7 cm³/mol. The van der Waals surface area contributed by atoms with Crippen molar-refractivity contribution in [1.29, 1.82) is 0 Å². The molecule has 0 aromatic carbocycles. The Balaban J connectivity index is 1.59. The number of pyridine rings is 1. The van der Waals surface area contributed by atoms with Gasteiger partial charge in [0.2, 0.25) is 0 Å². The highest BCUT2D eigenvalue weighted by Crippen LogP contribution is 2.17. The van der Waals surface area contributed by atoms with Gasteiger partial charge in [0.25, 0.3) is 0 Å². The first-order valence-electron chi connectivity index (χ1n) is 8.70. The quantitative estimate of drug-likeness (QED) is 0.655. The molecule has 1 aliphatic carbocycles. The molecule has 6 nitrogen and oxygen atoms in total. The number of guanidine groups is 1. The molecule has 1 aliphatic rings. The lowest BCUT2D eigenvalue weighted by Crippen LogP contribution is -2.44. The Morgan fingerprint density at radius 1 is 1.26 bits per heavy atom. The van der Waals surface area contributed by atoms with Gasteiger partial charge in [-0.2, -0.15) is 0 Å². The zero-order valence-corrected chi connectivity index (χ0v) is 13.8. The van der Waals surface area contributed by atoms with Gasteiger partial charge in [-0.15, -0.1) is 10.2 Å². The smallest absolute Gasteiger partial charge is 0.191 e. The summed E-state index contributed by atoms with van der Waals surface area (Å²) >= 11 is 0. The van der Waals surface area contributed by atoms with Crippen LogP contribution in [-0.4, -0.2) is 39.7 Å². The highest BCUT2D eigenvalue weighted by atomic mass is 15.2. The van der Waals surface area contributed by atoms with Crippen molar-refractivity contribution in [3.8, 4) is 0 Å². The summed E-state index contributed by atoms with van der Waals surface area (Å²) in [5, 5.41) is 15.3. The van der Waals surface area contributed by atoms with E-state index in [2.05, 4.69) is 27.8 Å². The topological polar surface area (TPSA) is 66.6 Å². The van der Waals surface area contributed by atoms with Crippen molar-refractivity contribution in [2.75, 3.05) is 13.1 Å². The van der Waals surface area contributed by atoms with Gasteiger partial charge in [0.1, 0.15) is 5.82 Å². The minimum Gasteiger partial charge on any atom is -0.357 e. The third-order valence-corrected chi connectivity index (χ3v) is 4.28. The molecule has 2 aromatic heterocycles. The van der Waals surface area contributed by atoms with Crippen LogP contribution in [0.1, 0.15) is 44.9 Å². The average Bonchev–Trinajstić information content (AvgIpc) is 2.99. The number of hydrogen-bond acceptors (Lipinski definition) is 3. The van der Waals surface area contributed by atoms with E-state index in [1.54, 1.807) is 0 Å². The summed E-state index contributed by atoms with van der Waals surface area (Å²) in [5.41, 5.74) is 0.888. The van der Waals surface area contributed by atoms with Crippen LogP contribution in [0.25, 0.3) is 5.65 Å². The fraction of sp³-hybridized carbons (Fsp3) is 0.588. The number of aromatic nitrogens is 3. The fourth-order valence-corrected chi connectivity index (χ4v) is 3.09. The average molecular weight is 314 g/mol. The molecule has 1 saturated carbocycles. The van der Waals surface area contributed by atoms with Gasteiger partial charge in [0, 0.05) is 31.7 Å². The van der Waals surface area contributed by atoms with Gasteiger partial charge < -0.3 is 10.6 Å². The van der Waals surface area contributed by atoms with Crippen molar-refractivity contribution >= 4 is 11.6 Å². The van der Waals surface area contributed by atoms with E-state index >= 15 is 0 Å². The van der Waals surface area contributed by atoms with Crippen LogP contribution in [0.5, 0.6) is 0 Å². The molecular formula is C17H26N6. The lowest BCUT2D eigenvalue weighted by Gasteiger charge is -2.24. The predicted octanol–water partition coefficient (Wildman–Crippen LogP) is 2.16. The van der Waals surface area contributed by atoms with Crippen LogP contribution in [-0.2, 0) is 6.42 Å². The van der Waals surface area contributed by atoms with Crippen molar-refractivity contribution in [2.24, 2.45) is 4.99 Å². The molecule has 0 atom stereocenters. The second-order valence-corrected chi connectivity index (χ2v) is 6.03. The maximum atomic E-state index is 4.70. The second kappa shape index (κ2) is 7.94. The monoisotopic (exact) mass is 314 g/mol. The molecule has 0 aliphatic heterocycles. The molecule has 6 heteroatoms. The van der Waals surface area contributed by atoms with Crippen molar-refractivity contribution in [2.45, 2.75) is 51.5 Å². The molecule has 0 amide bonds. The fourth-order valence-electron chi connectivity index (χ4n) is 3.09. The first-order valence-corrected chi connectivity index (χ1v) is 8.70. The van der Waals surface area contributed by atoms with E-state index in [-0.39, 0.29) is 0 Å². The molecule has 0 spiro atoms. The normalized spacial score (nSPS) is 16.7. The van der Waals surface area contributed by atoms with Crippen LogP contribution in [0, 0.1) is 0 Å². The summed E-state index contributed by atoms with van der Waals surface area (Å²) in [6.07, 6.45) is 9.29. The second-order valence-electron chi connectivity index (χ2n) is 6.03. The Kier molecular flexibility index (Phi) is 5.45. The van der Waals surface area contributed by atoms with E-state index < -0.39 is 0 Å². The Bertz CT molecular complexity index is 641. The first kappa shape index (κ1) is 15.8. The van der Waals surface area contributed by atoms with Crippen LogP contribution in [0.2, 0.25) is 0 Å². The van der Waals surface area contributed by atoms with Crippen molar-refractivity contribution < 1.29 is 0 Å². The molecule has 2 heterocycles. The summed E-state index contributed by atoms with van der Waals surface area (Å²) < 4.78 is 2.02. The number of nitrogens with one attached hydrogen (secondary N) is 2. The van der Waals surface area contributed by atoms with Crippen molar-refractivity contribution in [3.05, 3.63) is 30.2 Å². The largest absolute Gasteiger partial charge is 0.357 e. The van der Waals surface area contributed by atoms with Crippen LogP contribution in [0.4, 0.5) is 0 Å². The van der Waals surface area contributed by atoms with Gasteiger partial charge in [0.05, 0.1) is 0 Å². The lowest BCUT2D eigenvalue weighted by molar-refractivity contribution is 0.410. The number of nitrogens with zero attached hydrogens (tertiary/aromatic N) is 4. The number of rotatable bonds is 5. The molecule has 23 heavy (non-hydrogen) atoms. The minimum atomic E-state index is 0.565. The Hall–Kier alpha value is -2.11. The Morgan fingerprint density at radius 3 is 2.96 bits per heavy atom. The number of aliphatic imine (C=N–C) groups is 1. The summed E-state index contributed by atoms with van der Waals surface area (Å²) in [6, 6.07) is 6.51. The molecule has 0 saturated heterocycles. The Morgan fingerprint density at radius 2 is 2.13 bits per heavy atom. The van der Waals surface area contributed by atoms with Crippen LogP contribution in [0.15, 0.2) is 29.4 Å². The van der Waals surface area contributed by atoms with Gasteiger partial charge >= 0.3 is 0 Å².